The number of hydrogen-bond donors (Lipinski definition) is 2. The van der Waals surface area contributed by atoms with Crippen molar-refractivity contribution in [2.24, 2.45) is 23.7 Å². The molecule has 0 spiro atoms. The molecule has 2 N–H and O–H groups in total. The van der Waals surface area contributed by atoms with E-state index >= 15 is 0 Å². The van der Waals surface area contributed by atoms with Crippen molar-refractivity contribution in [3.63, 3.8) is 0 Å². The Morgan fingerprint density at radius 3 is 2.82 bits per heavy atom. The standard InChI is InChI=1S/C30H36FN3O4/c1-4-37-29(36)34-24-11-12-25-21(15-24)16-30(32-3)27(18(2)38-28(30)35)26(25)13-10-23-9-8-20(17-33-23)19-6-5-7-22(31)14-19/h5-10,13-14,17-18,21,24-27,32H,4,11-12,15-16H2,1-3H3,(H,34,36)/b13-10+/t18-,21+,24-,25-,26+,27+,30+/m1/s1. The second-order valence-electron chi connectivity index (χ2n) is 10.8. The van der Waals surface area contributed by atoms with Crippen molar-refractivity contribution in [2.75, 3.05) is 13.7 Å². The highest BCUT2D eigenvalue weighted by atomic mass is 19.1. The van der Waals surface area contributed by atoms with Crippen LogP contribution in [0.2, 0.25) is 0 Å². The SMILES string of the molecule is CCOC(=O)N[C@@H]1CC[C@@H]2[C@@H](C1)C[C@@]1(NC)C(=O)O[C@H](C)[C@H]1[C@H]2/C=C/c1ccc(-c2cccc(F)c2)cn1. The van der Waals surface area contributed by atoms with Gasteiger partial charge in [-0.05, 0) is 94.2 Å². The Hall–Kier alpha value is -3.26. The quantitative estimate of drug-likeness (QED) is 0.522. The lowest BCUT2D eigenvalue weighted by Crippen LogP contribution is -2.62. The number of fused-ring (bicyclic) bond motifs is 2. The molecule has 38 heavy (non-hydrogen) atoms. The number of rotatable bonds is 6. The van der Waals surface area contributed by atoms with Crippen LogP contribution in [0.5, 0.6) is 0 Å². The summed E-state index contributed by atoms with van der Waals surface area (Å²) in [7, 11) is 1.84. The molecule has 7 atom stereocenters. The normalized spacial score (nSPS) is 32.4. The Morgan fingerprint density at radius 1 is 1.26 bits per heavy atom. The smallest absolute Gasteiger partial charge is 0.407 e. The summed E-state index contributed by atoms with van der Waals surface area (Å²) in [6.45, 7) is 4.12. The van der Waals surface area contributed by atoms with Gasteiger partial charge in [-0.15, -0.1) is 0 Å². The molecule has 202 valence electrons. The van der Waals surface area contributed by atoms with Crippen LogP contribution in [0.15, 0.2) is 48.7 Å². The lowest BCUT2D eigenvalue weighted by Gasteiger charge is -2.52. The fourth-order valence-corrected chi connectivity index (χ4v) is 7.11. The number of esters is 1. The summed E-state index contributed by atoms with van der Waals surface area (Å²) in [5, 5.41) is 6.37. The van der Waals surface area contributed by atoms with Crippen LogP contribution in [0.1, 0.15) is 45.2 Å². The summed E-state index contributed by atoms with van der Waals surface area (Å²) in [5.41, 5.74) is 1.68. The maximum atomic E-state index is 13.6. The zero-order valence-corrected chi connectivity index (χ0v) is 22.2. The van der Waals surface area contributed by atoms with Crippen LogP contribution in [-0.4, -0.2) is 48.4 Å². The highest BCUT2D eigenvalue weighted by Gasteiger charge is 2.63. The molecule has 2 aromatic rings. The number of alkyl carbamates (subject to hydrolysis) is 1. The second kappa shape index (κ2) is 10.8. The number of nitrogens with one attached hydrogen (secondary N) is 2. The summed E-state index contributed by atoms with van der Waals surface area (Å²) in [6.07, 6.45) is 8.70. The van der Waals surface area contributed by atoms with Gasteiger partial charge < -0.3 is 20.1 Å². The first-order valence-electron chi connectivity index (χ1n) is 13.6. The molecule has 0 radical (unpaired) electrons. The Labute approximate surface area is 223 Å². The van der Waals surface area contributed by atoms with E-state index in [9.17, 15) is 14.0 Å². The minimum Gasteiger partial charge on any atom is -0.461 e. The summed E-state index contributed by atoms with van der Waals surface area (Å²) >= 11 is 0. The lowest BCUT2D eigenvalue weighted by atomic mass is 9.54. The first kappa shape index (κ1) is 26.4. The van der Waals surface area contributed by atoms with Gasteiger partial charge >= 0.3 is 12.1 Å². The zero-order valence-electron chi connectivity index (χ0n) is 22.2. The highest BCUT2D eigenvalue weighted by molar-refractivity contribution is 5.84. The van der Waals surface area contributed by atoms with Gasteiger partial charge in [0, 0.05) is 23.7 Å². The third kappa shape index (κ3) is 4.94. The van der Waals surface area contributed by atoms with Crippen molar-refractivity contribution >= 4 is 18.1 Å². The van der Waals surface area contributed by atoms with Crippen LogP contribution in [0.4, 0.5) is 9.18 Å². The average molecular weight is 522 g/mol. The molecule has 2 saturated carbocycles. The lowest BCUT2D eigenvalue weighted by molar-refractivity contribution is -0.147. The van der Waals surface area contributed by atoms with E-state index in [2.05, 4.69) is 21.7 Å². The van der Waals surface area contributed by atoms with Gasteiger partial charge in [0.1, 0.15) is 17.5 Å². The molecule has 5 rings (SSSR count). The van der Waals surface area contributed by atoms with Crippen molar-refractivity contribution in [1.29, 1.82) is 0 Å². The molecule has 3 aliphatic rings. The molecule has 0 unspecified atom stereocenters. The minimum absolute atomic E-state index is 0.00127. The maximum Gasteiger partial charge on any atom is 0.407 e. The number of allylic oxidation sites excluding steroid dienone is 1. The number of amides is 1. The van der Waals surface area contributed by atoms with E-state index in [1.807, 2.05) is 38.2 Å². The van der Waals surface area contributed by atoms with Gasteiger partial charge in [-0.3, -0.25) is 9.78 Å². The third-order valence-corrected chi connectivity index (χ3v) is 8.74. The maximum absolute atomic E-state index is 13.6. The van der Waals surface area contributed by atoms with E-state index < -0.39 is 5.54 Å². The zero-order chi connectivity index (χ0) is 26.9. The van der Waals surface area contributed by atoms with Gasteiger partial charge in [0.05, 0.1) is 12.3 Å². The number of hydrogen-bond acceptors (Lipinski definition) is 6. The van der Waals surface area contributed by atoms with Crippen molar-refractivity contribution in [2.45, 2.75) is 57.2 Å². The predicted molar refractivity (Wildman–Crippen MR) is 142 cm³/mol. The number of likely N-dealkylation sites (N-methyl/N-ethyl adjacent to an activating group) is 1. The summed E-state index contributed by atoms with van der Waals surface area (Å²) < 4.78 is 24.6. The molecule has 0 bridgehead atoms. The van der Waals surface area contributed by atoms with Gasteiger partial charge in [-0.25, -0.2) is 9.18 Å². The molecule has 8 heteroatoms. The number of pyridine rings is 1. The van der Waals surface area contributed by atoms with Crippen LogP contribution in [0.25, 0.3) is 17.2 Å². The largest absolute Gasteiger partial charge is 0.461 e. The first-order chi connectivity index (χ1) is 18.3. The Morgan fingerprint density at radius 2 is 2.11 bits per heavy atom. The number of aromatic nitrogens is 1. The van der Waals surface area contributed by atoms with Gasteiger partial charge in [-0.1, -0.05) is 24.3 Å². The van der Waals surface area contributed by atoms with Crippen LogP contribution in [0, 0.1) is 29.5 Å². The average Bonchev–Trinajstić information content (AvgIpc) is 3.16. The van der Waals surface area contributed by atoms with Gasteiger partial charge in [0.15, 0.2) is 0 Å². The molecule has 3 fully saturated rings. The number of ether oxygens (including phenoxy) is 2. The van der Waals surface area contributed by atoms with Crippen LogP contribution < -0.4 is 10.6 Å². The van der Waals surface area contributed by atoms with Crippen molar-refractivity contribution in [3.05, 3.63) is 60.2 Å². The van der Waals surface area contributed by atoms with Crippen molar-refractivity contribution in [1.82, 2.24) is 15.6 Å². The van der Waals surface area contributed by atoms with E-state index in [1.54, 1.807) is 19.2 Å². The second-order valence-corrected chi connectivity index (χ2v) is 10.8. The molecule has 1 aromatic carbocycles. The fourth-order valence-electron chi connectivity index (χ4n) is 7.11. The summed E-state index contributed by atoms with van der Waals surface area (Å²) in [5.74, 6) is 0.250. The molecule has 1 aliphatic heterocycles. The summed E-state index contributed by atoms with van der Waals surface area (Å²) in [4.78, 5) is 29.8. The van der Waals surface area contributed by atoms with Gasteiger partial charge in [0.25, 0.3) is 0 Å². The van der Waals surface area contributed by atoms with Crippen molar-refractivity contribution < 1.29 is 23.5 Å². The van der Waals surface area contributed by atoms with E-state index in [-0.39, 0.29) is 47.8 Å². The van der Waals surface area contributed by atoms with Gasteiger partial charge in [0.2, 0.25) is 0 Å². The van der Waals surface area contributed by atoms with Crippen LogP contribution >= 0.6 is 0 Å². The molecule has 7 nitrogen and oxygen atoms in total. The molecule has 1 saturated heterocycles. The van der Waals surface area contributed by atoms with E-state index in [1.165, 1.54) is 12.1 Å². The monoisotopic (exact) mass is 521 g/mol. The first-order valence-corrected chi connectivity index (χ1v) is 13.6. The number of cyclic esters (lactones) is 1. The molecular weight excluding hydrogens is 485 g/mol. The predicted octanol–water partition coefficient (Wildman–Crippen LogP) is 4.97. The van der Waals surface area contributed by atoms with Crippen molar-refractivity contribution in [3.8, 4) is 11.1 Å². The molecular formula is C30H36FN3O4. The molecule has 1 amide bonds. The molecule has 1 aromatic heterocycles. The number of benzene rings is 1. The van der Waals surface area contributed by atoms with Gasteiger partial charge in [-0.2, -0.15) is 0 Å². The summed E-state index contributed by atoms with van der Waals surface area (Å²) in [6, 6.07) is 10.4. The molecule has 2 heterocycles. The number of halogens is 1. The third-order valence-electron chi connectivity index (χ3n) is 8.74. The number of carbonyl (C=O) groups excluding carboxylic acids is 2. The fraction of sp³-hybridized carbons (Fsp3) is 0.500. The Bertz CT molecular complexity index is 1200. The molecule has 2 aliphatic carbocycles. The Kier molecular flexibility index (Phi) is 7.52. The van der Waals surface area contributed by atoms with E-state index in [0.717, 1.165) is 36.1 Å². The Balaban J connectivity index is 1.40. The number of carbonyl (C=O) groups is 2. The van der Waals surface area contributed by atoms with Crippen LogP contribution in [0.3, 0.4) is 0 Å². The van der Waals surface area contributed by atoms with Crippen LogP contribution in [-0.2, 0) is 14.3 Å². The minimum atomic E-state index is -0.754. The highest BCUT2D eigenvalue weighted by Crippen LogP contribution is 2.55. The van der Waals surface area contributed by atoms with E-state index in [4.69, 9.17) is 9.47 Å². The number of nitrogens with zero attached hydrogens (tertiary/aromatic N) is 1. The van der Waals surface area contributed by atoms with E-state index in [0.29, 0.717) is 18.9 Å². The topological polar surface area (TPSA) is 89.6 Å².